The smallest absolute Gasteiger partial charge is 0.245 e. The van der Waals surface area contributed by atoms with Crippen molar-refractivity contribution in [2.45, 2.75) is 26.7 Å². The molecule has 0 aliphatic rings. The fraction of sp³-hybridized carbons (Fsp3) is 0.316. The van der Waals surface area contributed by atoms with Gasteiger partial charge in [0.05, 0.1) is 17.0 Å². The number of anilines is 2. The number of sulfonamides is 1. The van der Waals surface area contributed by atoms with Crippen LogP contribution in [0.2, 0.25) is 5.02 Å². The van der Waals surface area contributed by atoms with E-state index in [0.29, 0.717) is 0 Å². The molecule has 0 fully saturated rings. The zero-order valence-corrected chi connectivity index (χ0v) is 16.9. The molecular weight excluding hydrogens is 372 g/mol. The summed E-state index contributed by atoms with van der Waals surface area (Å²) < 4.78 is 25.4. The Morgan fingerprint density at radius 1 is 1.15 bits per heavy atom. The second kappa shape index (κ2) is 8.10. The molecule has 0 unspecified atom stereocenters. The molecule has 0 atom stereocenters. The number of hydrogen-bond acceptors (Lipinski definition) is 3. The Labute approximate surface area is 160 Å². The Balaban J connectivity index is 2.32. The van der Waals surface area contributed by atoms with Crippen molar-refractivity contribution in [2.24, 2.45) is 0 Å². The van der Waals surface area contributed by atoms with Crippen LogP contribution in [-0.4, -0.2) is 27.1 Å². The topological polar surface area (TPSA) is 66.5 Å². The molecule has 2 aromatic rings. The molecule has 0 heterocycles. The number of hydrogen-bond donors (Lipinski definition) is 1. The molecular formula is C19H23ClN2O3S. The van der Waals surface area contributed by atoms with E-state index in [1.165, 1.54) is 0 Å². The van der Waals surface area contributed by atoms with Gasteiger partial charge in [-0.2, -0.15) is 0 Å². The first-order valence-corrected chi connectivity index (χ1v) is 10.5. The van der Waals surface area contributed by atoms with Crippen molar-refractivity contribution in [1.29, 1.82) is 0 Å². The summed E-state index contributed by atoms with van der Waals surface area (Å²) in [4.78, 5) is 12.6. The largest absolute Gasteiger partial charge is 0.324 e. The molecule has 2 aromatic carbocycles. The summed E-state index contributed by atoms with van der Waals surface area (Å²) in [5, 5.41) is 3.13. The van der Waals surface area contributed by atoms with Crippen LogP contribution in [0.25, 0.3) is 0 Å². The molecule has 0 radical (unpaired) electrons. The highest BCUT2D eigenvalue weighted by molar-refractivity contribution is 7.92. The van der Waals surface area contributed by atoms with Crippen LogP contribution in [0.1, 0.15) is 30.9 Å². The van der Waals surface area contributed by atoms with Gasteiger partial charge in [-0.25, -0.2) is 8.42 Å². The summed E-state index contributed by atoms with van der Waals surface area (Å²) >= 11 is 6.12. The van der Waals surface area contributed by atoms with Gasteiger partial charge in [-0.1, -0.05) is 55.8 Å². The van der Waals surface area contributed by atoms with Crippen molar-refractivity contribution >= 4 is 38.9 Å². The summed E-state index contributed by atoms with van der Waals surface area (Å²) in [6.45, 7) is 5.63. The SMILES string of the molecule is Cc1cccc(C(C)C)c1NC(=O)CN(c1ccccc1Cl)S(C)(=O)=O. The fourth-order valence-corrected chi connectivity index (χ4v) is 3.84. The van der Waals surface area contributed by atoms with Crippen LogP contribution in [-0.2, 0) is 14.8 Å². The second-order valence-corrected chi connectivity index (χ2v) is 8.78. The highest BCUT2D eigenvalue weighted by Crippen LogP contribution is 2.29. The van der Waals surface area contributed by atoms with E-state index in [1.807, 2.05) is 39.0 Å². The monoisotopic (exact) mass is 394 g/mol. The van der Waals surface area contributed by atoms with Crippen molar-refractivity contribution in [2.75, 3.05) is 22.4 Å². The Kier molecular flexibility index (Phi) is 6.31. The van der Waals surface area contributed by atoms with Crippen LogP contribution in [0, 0.1) is 6.92 Å². The molecule has 1 amide bonds. The van der Waals surface area contributed by atoms with Crippen LogP contribution < -0.4 is 9.62 Å². The van der Waals surface area contributed by atoms with Gasteiger partial charge in [0.25, 0.3) is 0 Å². The summed E-state index contributed by atoms with van der Waals surface area (Å²) in [6.07, 6.45) is 1.05. The van der Waals surface area contributed by atoms with Gasteiger partial charge in [0.1, 0.15) is 6.54 Å². The van der Waals surface area contributed by atoms with Crippen LogP contribution in [0.4, 0.5) is 11.4 Å². The van der Waals surface area contributed by atoms with E-state index in [9.17, 15) is 13.2 Å². The van der Waals surface area contributed by atoms with Crippen molar-refractivity contribution < 1.29 is 13.2 Å². The number of carbonyl (C=O) groups is 1. The average Bonchev–Trinajstić information content (AvgIpc) is 2.54. The van der Waals surface area contributed by atoms with Crippen LogP contribution >= 0.6 is 11.6 Å². The summed E-state index contributed by atoms with van der Waals surface area (Å²) in [5.74, 6) is -0.202. The first-order chi connectivity index (χ1) is 12.1. The number of nitrogens with one attached hydrogen (secondary N) is 1. The highest BCUT2D eigenvalue weighted by atomic mass is 35.5. The maximum atomic E-state index is 12.6. The minimum Gasteiger partial charge on any atom is -0.324 e. The maximum absolute atomic E-state index is 12.6. The van der Waals surface area contributed by atoms with Crippen molar-refractivity contribution in [3.05, 3.63) is 58.6 Å². The minimum absolute atomic E-state index is 0.222. The lowest BCUT2D eigenvalue weighted by atomic mass is 9.98. The number of amides is 1. The van der Waals surface area contributed by atoms with E-state index in [0.717, 1.165) is 27.4 Å². The van der Waals surface area contributed by atoms with Crippen molar-refractivity contribution in [1.82, 2.24) is 0 Å². The predicted octanol–water partition coefficient (Wildman–Crippen LogP) is 4.18. The lowest BCUT2D eigenvalue weighted by Crippen LogP contribution is -2.37. The molecule has 0 spiro atoms. The fourth-order valence-electron chi connectivity index (χ4n) is 2.69. The Hall–Kier alpha value is -2.05. The van der Waals surface area contributed by atoms with Crippen molar-refractivity contribution in [3.63, 3.8) is 0 Å². The van der Waals surface area contributed by atoms with Gasteiger partial charge in [-0.15, -0.1) is 0 Å². The number of nitrogens with zero attached hydrogens (tertiary/aromatic N) is 1. The molecule has 0 bridgehead atoms. The molecule has 0 aliphatic heterocycles. The van der Waals surface area contributed by atoms with Crippen LogP contribution in [0.5, 0.6) is 0 Å². The number of halogens is 1. The van der Waals surface area contributed by atoms with Gasteiger partial charge < -0.3 is 5.32 Å². The third-order valence-electron chi connectivity index (χ3n) is 4.00. The number of para-hydroxylation sites is 2. The first kappa shape index (κ1) is 20.3. The second-order valence-electron chi connectivity index (χ2n) is 6.46. The molecule has 5 nitrogen and oxygen atoms in total. The predicted molar refractivity (Wildman–Crippen MR) is 108 cm³/mol. The Morgan fingerprint density at radius 2 is 1.81 bits per heavy atom. The molecule has 1 N–H and O–H groups in total. The van der Waals surface area contributed by atoms with Gasteiger partial charge in [-0.3, -0.25) is 9.10 Å². The Bertz CT molecular complexity index is 911. The normalized spacial score (nSPS) is 11.5. The highest BCUT2D eigenvalue weighted by Gasteiger charge is 2.23. The lowest BCUT2D eigenvalue weighted by Gasteiger charge is -2.24. The number of aryl methyl sites for hydroxylation is 1. The molecule has 0 saturated heterocycles. The van der Waals surface area contributed by atoms with E-state index in [2.05, 4.69) is 5.32 Å². The molecule has 0 aromatic heterocycles. The zero-order valence-electron chi connectivity index (χ0n) is 15.3. The van der Waals surface area contributed by atoms with Gasteiger partial charge in [-0.05, 0) is 36.1 Å². The molecule has 26 heavy (non-hydrogen) atoms. The minimum atomic E-state index is -3.68. The number of carbonyl (C=O) groups excluding carboxylic acids is 1. The maximum Gasteiger partial charge on any atom is 0.245 e. The molecule has 0 aliphatic carbocycles. The molecule has 140 valence electrons. The molecule has 2 rings (SSSR count). The van der Waals surface area contributed by atoms with E-state index < -0.39 is 15.9 Å². The van der Waals surface area contributed by atoms with E-state index in [1.54, 1.807) is 24.3 Å². The molecule has 0 saturated carbocycles. The number of benzene rings is 2. The van der Waals surface area contributed by atoms with Gasteiger partial charge in [0.2, 0.25) is 15.9 Å². The summed E-state index contributed by atoms with van der Waals surface area (Å²) in [7, 11) is -3.68. The van der Waals surface area contributed by atoms with Crippen LogP contribution in [0.15, 0.2) is 42.5 Å². The van der Waals surface area contributed by atoms with Gasteiger partial charge in [0, 0.05) is 5.69 Å². The summed E-state index contributed by atoms with van der Waals surface area (Å²) in [6, 6.07) is 12.3. The standard InChI is InChI=1S/C19H23ClN2O3S/c1-13(2)15-9-7-8-14(3)19(15)21-18(23)12-22(26(4,24)25)17-11-6-5-10-16(17)20/h5-11,13H,12H2,1-4H3,(H,21,23). The number of rotatable bonds is 6. The van der Waals surface area contributed by atoms with Crippen LogP contribution in [0.3, 0.4) is 0 Å². The Morgan fingerprint density at radius 3 is 2.38 bits per heavy atom. The lowest BCUT2D eigenvalue weighted by molar-refractivity contribution is -0.114. The summed E-state index contributed by atoms with van der Waals surface area (Å²) in [5.41, 5.74) is 2.93. The first-order valence-electron chi connectivity index (χ1n) is 8.23. The quantitative estimate of drug-likeness (QED) is 0.799. The van der Waals surface area contributed by atoms with Crippen molar-refractivity contribution in [3.8, 4) is 0 Å². The van der Waals surface area contributed by atoms with E-state index in [-0.39, 0.29) is 23.2 Å². The van der Waals surface area contributed by atoms with E-state index in [4.69, 9.17) is 11.6 Å². The average molecular weight is 395 g/mol. The van der Waals surface area contributed by atoms with E-state index >= 15 is 0 Å². The molecule has 7 heteroatoms. The third kappa shape index (κ3) is 4.77. The zero-order chi connectivity index (χ0) is 19.5. The van der Waals surface area contributed by atoms with Gasteiger partial charge in [0.15, 0.2) is 0 Å². The van der Waals surface area contributed by atoms with Gasteiger partial charge >= 0.3 is 0 Å². The third-order valence-corrected chi connectivity index (χ3v) is 5.45.